The first-order valence-corrected chi connectivity index (χ1v) is 6.68. The van der Waals surface area contributed by atoms with E-state index in [1.54, 1.807) is 11.1 Å². The van der Waals surface area contributed by atoms with E-state index in [-0.39, 0.29) is 0 Å². The van der Waals surface area contributed by atoms with E-state index >= 15 is 0 Å². The van der Waals surface area contributed by atoms with Crippen molar-refractivity contribution >= 4 is 5.69 Å². The van der Waals surface area contributed by atoms with Gasteiger partial charge in [-0.25, -0.2) is 0 Å². The van der Waals surface area contributed by atoms with Gasteiger partial charge in [-0.1, -0.05) is 25.5 Å². The molecule has 0 radical (unpaired) electrons. The summed E-state index contributed by atoms with van der Waals surface area (Å²) in [4.78, 5) is 0. The molecule has 1 aromatic rings. The van der Waals surface area contributed by atoms with Crippen molar-refractivity contribution in [3.05, 3.63) is 29.3 Å². The lowest BCUT2D eigenvalue weighted by molar-refractivity contribution is 0.671. The summed E-state index contributed by atoms with van der Waals surface area (Å²) in [5.41, 5.74) is 4.54. The highest BCUT2D eigenvalue weighted by Crippen LogP contribution is 2.28. The molecule has 0 aromatic heterocycles. The van der Waals surface area contributed by atoms with E-state index < -0.39 is 0 Å². The number of nitrogens with one attached hydrogen (secondary N) is 1. The molecule has 0 saturated heterocycles. The summed E-state index contributed by atoms with van der Waals surface area (Å²) >= 11 is 0. The second-order valence-corrected chi connectivity index (χ2v) is 4.98. The van der Waals surface area contributed by atoms with Crippen LogP contribution >= 0.6 is 0 Å². The molecule has 1 heteroatoms. The van der Waals surface area contributed by atoms with Crippen LogP contribution in [0.4, 0.5) is 5.69 Å². The van der Waals surface area contributed by atoms with Gasteiger partial charge in [-0.3, -0.25) is 0 Å². The Kier molecular flexibility index (Phi) is 3.87. The van der Waals surface area contributed by atoms with E-state index in [0.29, 0.717) is 6.04 Å². The molecule has 1 nitrogen and oxygen atoms in total. The van der Waals surface area contributed by atoms with Crippen molar-refractivity contribution in [2.45, 2.75) is 58.4 Å². The number of rotatable bonds is 4. The second-order valence-electron chi connectivity index (χ2n) is 4.98. The maximum atomic E-state index is 3.67. The number of hydrogen-bond donors (Lipinski definition) is 1. The Bertz CT molecular complexity index is 343. The molecule has 1 atom stereocenters. The van der Waals surface area contributed by atoms with Crippen molar-refractivity contribution < 1.29 is 0 Å². The van der Waals surface area contributed by atoms with Gasteiger partial charge in [-0.05, 0) is 56.2 Å². The number of aryl methyl sites for hydroxylation is 1. The summed E-state index contributed by atoms with van der Waals surface area (Å²) in [6.45, 7) is 4.53. The smallest absolute Gasteiger partial charge is 0.0377 e. The zero-order valence-electron chi connectivity index (χ0n) is 10.6. The molecule has 1 aliphatic carbocycles. The lowest BCUT2D eigenvalue weighted by atomic mass is 9.90. The average molecular weight is 217 g/mol. The minimum absolute atomic E-state index is 0.596. The zero-order valence-corrected chi connectivity index (χ0v) is 10.6. The third kappa shape index (κ3) is 2.58. The molecule has 16 heavy (non-hydrogen) atoms. The lowest BCUT2D eigenvalue weighted by Crippen LogP contribution is -2.17. The van der Waals surface area contributed by atoms with Crippen LogP contribution < -0.4 is 5.32 Å². The van der Waals surface area contributed by atoms with E-state index in [0.717, 1.165) is 0 Å². The molecular weight excluding hydrogens is 194 g/mol. The minimum Gasteiger partial charge on any atom is -0.382 e. The van der Waals surface area contributed by atoms with Crippen molar-refractivity contribution in [1.29, 1.82) is 0 Å². The van der Waals surface area contributed by atoms with Gasteiger partial charge in [0, 0.05) is 11.7 Å². The summed E-state index contributed by atoms with van der Waals surface area (Å²) in [6.07, 6.45) is 7.76. The van der Waals surface area contributed by atoms with Crippen LogP contribution in [-0.4, -0.2) is 6.04 Å². The van der Waals surface area contributed by atoms with Gasteiger partial charge in [0.05, 0.1) is 0 Å². The first-order chi connectivity index (χ1) is 7.81. The molecule has 0 amide bonds. The van der Waals surface area contributed by atoms with Crippen LogP contribution in [0, 0.1) is 0 Å². The predicted octanol–water partition coefficient (Wildman–Crippen LogP) is 4.17. The molecule has 0 spiro atoms. The van der Waals surface area contributed by atoms with E-state index in [1.807, 2.05) is 0 Å². The highest BCUT2D eigenvalue weighted by Gasteiger charge is 2.13. The number of hydrogen-bond acceptors (Lipinski definition) is 1. The SMILES string of the molecule is CCCC(C)Nc1cccc2c1CCCC2. The Hall–Kier alpha value is -0.980. The van der Waals surface area contributed by atoms with Crippen LogP contribution in [0.25, 0.3) is 0 Å². The topological polar surface area (TPSA) is 12.0 Å². The maximum Gasteiger partial charge on any atom is 0.0377 e. The van der Waals surface area contributed by atoms with Gasteiger partial charge >= 0.3 is 0 Å². The quantitative estimate of drug-likeness (QED) is 0.798. The summed E-state index contributed by atoms with van der Waals surface area (Å²) in [6, 6.07) is 7.34. The summed E-state index contributed by atoms with van der Waals surface area (Å²) in [7, 11) is 0. The third-order valence-electron chi connectivity index (χ3n) is 3.52. The van der Waals surface area contributed by atoms with Gasteiger partial charge in [-0.2, -0.15) is 0 Å². The Balaban J connectivity index is 2.14. The molecular formula is C15H23N. The van der Waals surface area contributed by atoms with Gasteiger partial charge in [-0.15, -0.1) is 0 Å². The lowest BCUT2D eigenvalue weighted by Gasteiger charge is -2.22. The molecule has 88 valence electrons. The maximum absolute atomic E-state index is 3.67. The van der Waals surface area contributed by atoms with Gasteiger partial charge in [0.25, 0.3) is 0 Å². The Labute approximate surface area is 99.3 Å². The molecule has 1 aromatic carbocycles. The molecule has 0 aliphatic heterocycles. The molecule has 1 aliphatic rings. The molecule has 2 rings (SSSR count). The van der Waals surface area contributed by atoms with E-state index in [1.165, 1.54) is 44.2 Å². The Morgan fingerprint density at radius 3 is 2.88 bits per heavy atom. The molecule has 0 fully saturated rings. The fraction of sp³-hybridized carbons (Fsp3) is 0.600. The van der Waals surface area contributed by atoms with Gasteiger partial charge < -0.3 is 5.32 Å². The minimum atomic E-state index is 0.596. The van der Waals surface area contributed by atoms with Crippen LogP contribution in [0.2, 0.25) is 0 Å². The predicted molar refractivity (Wildman–Crippen MR) is 71.1 cm³/mol. The molecule has 0 bridgehead atoms. The Morgan fingerprint density at radius 2 is 2.06 bits per heavy atom. The first-order valence-electron chi connectivity index (χ1n) is 6.68. The number of fused-ring (bicyclic) bond motifs is 1. The third-order valence-corrected chi connectivity index (χ3v) is 3.52. The fourth-order valence-corrected chi connectivity index (χ4v) is 2.69. The van der Waals surface area contributed by atoms with Gasteiger partial charge in [0.15, 0.2) is 0 Å². The van der Waals surface area contributed by atoms with E-state index in [9.17, 15) is 0 Å². The van der Waals surface area contributed by atoms with Crippen molar-refractivity contribution in [3.8, 4) is 0 Å². The van der Waals surface area contributed by atoms with E-state index in [4.69, 9.17) is 0 Å². The second kappa shape index (κ2) is 5.38. The summed E-state index contributed by atoms with van der Waals surface area (Å²) < 4.78 is 0. The van der Waals surface area contributed by atoms with Crippen LogP contribution in [0.15, 0.2) is 18.2 Å². The molecule has 1 unspecified atom stereocenters. The van der Waals surface area contributed by atoms with Crippen LogP contribution in [0.1, 0.15) is 50.7 Å². The highest BCUT2D eigenvalue weighted by atomic mass is 14.9. The Morgan fingerprint density at radius 1 is 1.25 bits per heavy atom. The van der Waals surface area contributed by atoms with Crippen molar-refractivity contribution in [2.75, 3.05) is 5.32 Å². The highest BCUT2D eigenvalue weighted by molar-refractivity contribution is 5.56. The zero-order chi connectivity index (χ0) is 11.4. The van der Waals surface area contributed by atoms with Gasteiger partial charge in [0.1, 0.15) is 0 Å². The fourth-order valence-electron chi connectivity index (χ4n) is 2.69. The standard InChI is InChI=1S/C15H23N/c1-3-7-12(2)16-15-11-6-9-13-8-4-5-10-14(13)15/h6,9,11-12,16H,3-5,7-8,10H2,1-2H3. The first kappa shape index (κ1) is 11.5. The van der Waals surface area contributed by atoms with E-state index in [2.05, 4.69) is 37.4 Å². The van der Waals surface area contributed by atoms with Crippen LogP contribution in [0.3, 0.4) is 0 Å². The van der Waals surface area contributed by atoms with Crippen molar-refractivity contribution in [2.24, 2.45) is 0 Å². The molecule has 0 heterocycles. The monoisotopic (exact) mass is 217 g/mol. The molecule has 1 N–H and O–H groups in total. The number of benzene rings is 1. The van der Waals surface area contributed by atoms with Crippen LogP contribution in [-0.2, 0) is 12.8 Å². The number of anilines is 1. The average Bonchev–Trinajstić information content (AvgIpc) is 2.30. The normalized spacial score (nSPS) is 16.6. The van der Waals surface area contributed by atoms with Crippen molar-refractivity contribution in [1.82, 2.24) is 0 Å². The molecule has 0 saturated carbocycles. The van der Waals surface area contributed by atoms with Crippen LogP contribution in [0.5, 0.6) is 0 Å². The summed E-state index contributed by atoms with van der Waals surface area (Å²) in [5.74, 6) is 0. The summed E-state index contributed by atoms with van der Waals surface area (Å²) in [5, 5.41) is 3.67. The largest absolute Gasteiger partial charge is 0.382 e. The van der Waals surface area contributed by atoms with Crippen molar-refractivity contribution in [3.63, 3.8) is 0 Å². The van der Waals surface area contributed by atoms with Gasteiger partial charge in [0.2, 0.25) is 0 Å².